The normalized spacial score (nSPS) is 25.5. The van der Waals surface area contributed by atoms with E-state index in [1.807, 2.05) is 73.6 Å². The average Bonchev–Trinajstić information content (AvgIpc) is 2.86. The highest BCUT2D eigenvalue weighted by atomic mass is 16.7. The third-order valence-corrected chi connectivity index (χ3v) is 6.31. The lowest BCUT2D eigenvalue weighted by molar-refractivity contribution is 0.00578. The third-order valence-electron chi connectivity index (χ3n) is 6.31. The summed E-state index contributed by atoms with van der Waals surface area (Å²) in [6.45, 7) is 15.9. The summed E-state index contributed by atoms with van der Waals surface area (Å²) in [5, 5.41) is 0. The fourth-order valence-electron chi connectivity index (χ4n) is 3.09. The molecule has 2 heterocycles. The molecule has 0 bridgehead atoms. The Morgan fingerprint density at radius 1 is 0.692 bits per heavy atom. The van der Waals surface area contributed by atoms with Crippen LogP contribution in [0.3, 0.4) is 0 Å². The van der Waals surface area contributed by atoms with Gasteiger partial charge in [0.15, 0.2) is 0 Å². The molecule has 0 spiro atoms. The molecular weight excluding hydrogens is 330 g/mol. The van der Waals surface area contributed by atoms with Crippen molar-refractivity contribution in [1.29, 1.82) is 0 Å². The van der Waals surface area contributed by atoms with E-state index in [1.54, 1.807) is 0 Å². The van der Waals surface area contributed by atoms with Gasteiger partial charge in [-0.1, -0.05) is 18.2 Å². The number of rotatable bonds is 3. The molecule has 2 aliphatic heterocycles. The maximum absolute atomic E-state index is 12.0. The van der Waals surface area contributed by atoms with Gasteiger partial charge in [0, 0.05) is 5.56 Å². The predicted molar refractivity (Wildman–Crippen MR) is 103 cm³/mol. The van der Waals surface area contributed by atoms with Crippen molar-refractivity contribution in [2.24, 2.45) is 0 Å². The summed E-state index contributed by atoms with van der Waals surface area (Å²) in [7, 11) is -1.22. The molecule has 140 valence electrons. The van der Waals surface area contributed by atoms with Gasteiger partial charge in [-0.25, -0.2) is 0 Å². The molecule has 2 fully saturated rings. The molecule has 0 aromatic heterocycles. The molecule has 26 heavy (non-hydrogen) atoms. The fraction of sp³-hybridized carbons (Fsp3) is 0.632. The molecule has 0 aliphatic carbocycles. The van der Waals surface area contributed by atoms with E-state index < -0.39 is 36.6 Å². The van der Waals surface area contributed by atoms with Crippen LogP contribution in [0.2, 0.25) is 0 Å². The smallest absolute Gasteiger partial charge is 0.399 e. The van der Waals surface area contributed by atoms with Gasteiger partial charge in [0.25, 0.3) is 0 Å². The lowest BCUT2D eigenvalue weighted by atomic mass is 9.68. The Kier molecular flexibility index (Phi) is 4.47. The SMILES string of the molecule is CC1(C)OB(c2cccc(B3OC(C)(C)C(C)(C)O3)c2C=O)OC1(C)C. The highest BCUT2D eigenvalue weighted by Gasteiger charge is 2.54. The molecule has 0 atom stereocenters. The Balaban J connectivity index is 1.99. The van der Waals surface area contributed by atoms with E-state index in [1.165, 1.54) is 0 Å². The van der Waals surface area contributed by atoms with Crippen LogP contribution in [0.15, 0.2) is 18.2 Å². The number of carbonyl (C=O) groups is 1. The zero-order valence-corrected chi connectivity index (χ0v) is 17.0. The van der Waals surface area contributed by atoms with Crippen molar-refractivity contribution in [2.75, 3.05) is 0 Å². The van der Waals surface area contributed by atoms with Gasteiger partial charge in [-0.3, -0.25) is 4.79 Å². The first-order chi connectivity index (χ1) is 11.8. The first-order valence-electron chi connectivity index (χ1n) is 9.11. The van der Waals surface area contributed by atoms with Crippen molar-refractivity contribution in [3.05, 3.63) is 23.8 Å². The van der Waals surface area contributed by atoms with E-state index in [4.69, 9.17) is 18.6 Å². The minimum absolute atomic E-state index is 0.474. The van der Waals surface area contributed by atoms with Crippen molar-refractivity contribution in [3.8, 4) is 0 Å². The van der Waals surface area contributed by atoms with Crippen molar-refractivity contribution < 1.29 is 23.4 Å². The standard InChI is InChI=1S/C19H28B2O5/c1-16(2)17(3,4)24-20(23-16)14-10-9-11-15(13(14)12-22)21-25-18(5,6)19(7,8)26-21/h9-12H,1-8H3. The Bertz CT molecular complexity index is 640. The average molecular weight is 358 g/mol. The minimum atomic E-state index is -0.609. The van der Waals surface area contributed by atoms with Gasteiger partial charge in [-0.05, 0) is 66.3 Å². The minimum Gasteiger partial charge on any atom is -0.399 e. The summed E-state index contributed by atoms with van der Waals surface area (Å²) in [6.07, 6.45) is 0.834. The molecule has 0 saturated carbocycles. The van der Waals surface area contributed by atoms with E-state index in [-0.39, 0.29) is 0 Å². The van der Waals surface area contributed by atoms with Crippen molar-refractivity contribution in [1.82, 2.24) is 0 Å². The summed E-state index contributed by atoms with van der Waals surface area (Å²) < 4.78 is 24.5. The molecule has 5 nitrogen and oxygen atoms in total. The maximum Gasteiger partial charge on any atom is 0.495 e. The largest absolute Gasteiger partial charge is 0.495 e. The number of hydrogen-bond acceptors (Lipinski definition) is 5. The summed E-state index contributed by atoms with van der Waals surface area (Å²) in [4.78, 5) is 12.0. The Labute approximate surface area is 157 Å². The second-order valence-corrected chi connectivity index (χ2v) is 9.14. The van der Waals surface area contributed by atoms with E-state index in [0.29, 0.717) is 16.5 Å². The lowest BCUT2D eigenvalue weighted by Gasteiger charge is -2.32. The summed E-state index contributed by atoms with van der Waals surface area (Å²) in [5.74, 6) is 0. The van der Waals surface area contributed by atoms with Crippen LogP contribution in [0.5, 0.6) is 0 Å². The molecule has 0 amide bonds. The van der Waals surface area contributed by atoms with Gasteiger partial charge in [0.05, 0.1) is 22.4 Å². The summed E-state index contributed by atoms with van der Waals surface area (Å²) in [6, 6.07) is 5.61. The molecule has 0 radical (unpaired) electrons. The summed E-state index contributed by atoms with van der Waals surface area (Å²) >= 11 is 0. The Morgan fingerprint density at radius 2 is 1.00 bits per heavy atom. The predicted octanol–water partition coefficient (Wildman–Crippen LogP) is 2.10. The van der Waals surface area contributed by atoms with Crippen molar-refractivity contribution in [2.45, 2.75) is 77.8 Å². The van der Waals surface area contributed by atoms with Crippen LogP contribution >= 0.6 is 0 Å². The van der Waals surface area contributed by atoms with E-state index >= 15 is 0 Å². The topological polar surface area (TPSA) is 54.0 Å². The monoisotopic (exact) mass is 358 g/mol. The molecule has 3 rings (SSSR count). The van der Waals surface area contributed by atoms with Crippen LogP contribution in [0.4, 0.5) is 0 Å². The molecule has 0 unspecified atom stereocenters. The van der Waals surface area contributed by atoms with E-state index in [9.17, 15) is 4.79 Å². The van der Waals surface area contributed by atoms with Crippen molar-refractivity contribution in [3.63, 3.8) is 0 Å². The second-order valence-electron chi connectivity index (χ2n) is 9.14. The molecule has 1 aromatic carbocycles. The highest BCUT2D eigenvalue weighted by Crippen LogP contribution is 2.38. The highest BCUT2D eigenvalue weighted by molar-refractivity contribution is 6.68. The first kappa shape index (κ1) is 19.6. The Morgan fingerprint density at radius 3 is 1.27 bits per heavy atom. The quantitative estimate of drug-likeness (QED) is 0.612. The molecular formula is C19H28B2O5. The van der Waals surface area contributed by atoms with E-state index in [2.05, 4.69) is 0 Å². The number of benzene rings is 1. The third kappa shape index (κ3) is 2.95. The first-order valence-corrected chi connectivity index (χ1v) is 9.11. The summed E-state index contributed by atoms with van der Waals surface area (Å²) in [5.41, 5.74) is 0.00775. The fourth-order valence-corrected chi connectivity index (χ4v) is 3.09. The van der Waals surface area contributed by atoms with Crippen LogP contribution in [0.25, 0.3) is 0 Å². The van der Waals surface area contributed by atoms with Gasteiger partial charge in [0.1, 0.15) is 6.29 Å². The second kappa shape index (κ2) is 5.93. The van der Waals surface area contributed by atoms with Crippen LogP contribution < -0.4 is 10.9 Å². The van der Waals surface area contributed by atoms with Crippen LogP contribution in [0, 0.1) is 0 Å². The van der Waals surface area contributed by atoms with Gasteiger partial charge >= 0.3 is 14.2 Å². The van der Waals surface area contributed by atoms with Gasteiger partial charge in [-0.15, -0.1) is 0 Å². The van der Waals surface area contributed by atoms with Gasteiger partial charge in [-0.2, -0.15) is 0 Å². The van der Waals surface area contributed by atoms with Gasteiger partial charge < -0.3 is 18.6 Å². The molecule has 2 saturated heterocycles. The number of hydrogen-bond donors (Lipinski definition) is 0. The maximum atomic E-state index is 12.0. The van der Waals surface area contributed by atoms with Crippen LogP contribution in [-0.4, -0.2) is 42.9 Å². The van der Waals surface area contributed by atoms with Crippen LogP contribution in [0.1, 0.15) is 65.7 Å². The molecule has 0 N–H and O–H groups in total. The molecule has 1 aromatic rings. The van der Waals surface area contributed by atoms with Gasteiger partial charge in [0.2, 0.25) is 0 Å². The zero-order chi connectivity index (χ0) is 19.5. The Hall–Kier alpha value is -1.14. The molecule has 7 heteroatoms. The lowest BCUT2D eigenvalue weighted by Crippen LogP contribution is -2.45. The van der Waals surface area contributed by atoms with Crippen LogP contribution in [-0.2, 0) is 18.6 Å². The zero-order valence-electron chi connectivity index (χ0n) is 17.0. The van der Waals surface area contributed by atoms with E-state index in [0.717, 1.165) is 6.29 Å². The molecule has 2 aliphatic rings. The number of carbonyl (C=O) groups excluding carboxylic acids is 1. The number of aldehydes is 1. The van der Waals surface area contributed by atoms with Crippen molar-refractivity contribution >= 4 is 31.4 Å².